The van der Waals surface area contributed by atoms with Crippen molar-refractivity contribution in [2.75, 3.05) is 17.3 Å². The van der Waals surface area contributed by atoms with Crippen LogP contribution in [-0.4, -0.2) is 34.8 Å². The van der Waals surface area contributed by atoms with Crippen molar-refractivity contribution < 1.29 is 9.59 Å². The second-order valence-electron chi connectivity index (χ2n) is 4.47. The van der Waals surface area contributed by atoms with E-state index in [4.69, 9.17) is 0 Å². The maximum atomic E-state index is 12.2. The zero-order valence-corrected chi connectivity index (χ0v) is 12.9. The summed E-state index contributed by atoms with van der Waals surface area (Å²) in [5.41, 5.74) is 1.03. The van der Waals surface area contributed by atoms with Gasteiger partial charge in [0.2, 0.25) is 11.8 Å². The second kappa shape index (κ2) is 8.58. The molecule has 0 spiro atoms. The lowest BCUT2D eigenvalue weighted by Gasteiger charge is -2.17. The van der Waals surface area contributed by atoms with Crippen molar-refractivity contribution in [3.8, 4) is 0 Å². The van der Waals surface area contributed by atoms with Crippen LogP contribution >= 0.6 is 11.8 Å². The summed E-state index contributed by atoms with van der Waals surface area (Å²) in [5, 5.41) is 5.47. The highest BCUT2D eigenvalue weighted by atomic mass is 32.2. The lowest BCUT2D eigenvalue weighted by molar-refractivity contribution is -0.126. The third-order valence-corrected chi connectivity index (χ3v) is 3.39. The summed E-state index contributed by atoms with van der Waals surface area (Å²) in [6.45, 7) is 3.70. The monoisotopic (exact) mass is 295 g/mol. The van der Waals surface area contributed by atoms with E-state index < -0.39 is 6.04 Å². The van der Waals surface area contributed by atoms with Crippen LogP contribution in [-0.2, 0) is 9.59 Å². The molecule has 0 saturated heterocycles. The number of carbonyl (C=O) groups excluding carboxylic acids is 2. The van der Waals surface area contributed by atoms with Gasteiger partial charge in [0.25, 0.3) is 0 Å². The highest BCUT2D eigenvalue weighted by molar-refractivity contribution is 7.98. The number of nitrogens with zero attached hydrogens (tertiary/aromatic N) is 1. The number of thioether (sulfide) groups is 1. The first-order chi connectivity index (χ1) is 9.56. The van der Waals surface area contributed by atoms with Gasteiger partial charge < -0.3 is 10.6 Å². The van der Waals surface area contributed by atoms with E-state index in [-0.39, 0.29) is 11.8 Å². The Hall–Kier alpha value is -1.56. The molecule has 0 saturated carbocycles. The largest absolute Gasteiger partial charge is 0.344 e. The fourth-order valence-corrected chi connectivity index (χ4v) is 2.03. The SMILES string of the molecule is CCC(=O)NC(CCSC)C(=O)Nc1ccc(C)cn1. The summed E-state index contributed by atoms with van der Waals surface area (Å²) in [6, 6.07) is 3.11. The van der Waals surface area contributed by atoms with Crippen molar-refractivity contribution in [3.63, 3.8) is 0 Å². The van der Waals surface area contributed by atoms with Crippen LogP contribution in [0.4, 0.5) is 5.82 Å². The average Bonchev–Trinajstić information content (AvgIpc) is 2.45. The maximum absolute atomic E-state index is 12.2. The molecule has 2 N–H and O–H groups in total. The Morgan fingerprint density at radius 2 is 2.15 bits per heavy atom. The van der Waals surface area contributed by atoms with E-state index in [2.05, 4.69) is 15.6 Å². The first-order valence-corrected chi connectivity index (χ1v) is 7.98. The van der Waals surface area contributed by atoms with Gasteiger partial charge in [-0.2, -0.15) is 11.8 Å². The van der Waals surface area contributed by atoms with Crippen molar-refractivity contribution in [1.29, 1.82) is 0 Å². The van der Waals surface area contributed by atoms with Crippen molar-refractivity contribution >= 4 is 29.4 Å². The minimum absolute atomic E-state index is 0.122. The first kappa shape index (κ1) is 16.5. The molecule has 2 amide bonds. The Bertz CT molecular complexity index is 448. The number of hydrogen-bond donors (Lipinski definition) is 2. The molecule has 0 aliphatic rings. The molecule has 110 valence electrons. The highest BCUT2D eigenvalue weighted by Crippen LogP contribution is 2.07. The molecule has 1 heterocycles. The molecular formula is C14H21N3O2S. The summed E-state index contributed by atoms with van der Waals surface area (Å²) in [7, 11) is 0. The minimum atomic E-state index is -0.516. The lowest BCUT2D eigenvalue weighted by atomic mass is 10.2. The van der Waals surface area contributed by atoms with Gasteiger partial charge in [0, 0.05) is 12.6 Å². The van der Waals surface area contributed by atoms with Crippen LogP contribution in [0.5, 0.6) is 0 Å². The van der Waals surface area contributed by atoms with Gasteiger partial charge in [-0.3, -0.25) is 9.59 Å². The van der Waals surface area contributed by atoms with Crippen LogP contribution in [0, 0.1) is 6.92 Å². The smallest absolute Gasteiger partial charge is 0.248 e. The van der Waals surface area contributed by atoms with Crippen LogP contribution in [0.25, 0.3) is 0 Å². The molecule has 0 aliphatic carbocycles. The van der Waals surface area contributed by atoms with Gasteiger partial charge in [-0.25, -0.2) is 4.98 Å². The van der Waals surface area contributed by atoms with E-state index >= 15 is 0 Å². The molecule has 0 fully saturated rings. The number of nitrogens with one attached hydrogen (secondary N) is 2. The van der Waals surface area contributed by atoms with Gasteiger partial charge in [-0.1, -0.05) is 13.0 Å². The highest BCUT2D eigenvalue weighted by Gasteiger charge is 2.20. The topological polar surface area (TPSA) is 71.1 Å². The van der Waals surface area contributed by atoms with Gasteiger partial charge in [-0.15, -0.1) is 0 Å². The van der Waals surface area contributed by atoms with Crippen molar-refractivity contribution in [1.82, 2.24) is 10.3 Å². The standard InChI is InChI=1S/C14H21N3O2S/c1-4-13(18)16-11(7-8-20-3)14(19)17-12-6-5-10(2)9-15-12/h5-6,9,11H,4,7-8H2,1-3H3,(H,16,18)(H,15,17,19). The van der Waals surface area contributed by atoms with E-state index in [1.165, 1.54) is 0 Å². The number of amides is 2. The number of hydrogen-bond acceptors (Lipinski definition) is 4. The molecule has 1 aromatic rings. The van der Waals surface area contributed by atoms with E-state index in [0.717, 1.165) is 11.3 Å². The fraction of sp³-hybridized carbons (Fsp3) is 0.500. The Morgan fingerprint density at radius 1 is 1.40 bits per heavy atom. The van der Waals surface area contributed by atoms with E-state index in [0.29, 0.717) is 18.7 Å². The van der Waals surface area contributed by atoms with E-state index in [9.17, 15) is 9.59 Å². The van der Waals surface area contributed by atoms with Crippen LogP contribution < -0.4 is 10.6 Å². The number of carbonyl (C=O) groups is 2. The fourth-order valence-electron chi connectivity index (χ4n) is 1.56. The minimum Gasteiger partial charge on any atom is -0.344 e. The molecule has 1 unspecified atom stereocenters. The Kier molecular flexibility index (Phi) is 7.08. The Morgan fingerprint density at radius 3 is 2.70 bits per heavy atom. The van der Waals surface area contributed by atoms with E-state index in [1.807, 2.05) is 19.2 Å². The summed E-state index contributed by atoms with van der Waals surface area (Å²) >= 11 is 1.64. The Labute approximate surface area is 123 Å². The Balaban J connectivity index is 2.66. The number of rotatable bonds is 7. The summed E-state index contributed by atoms with van der Waals surface area (Å²) in [5.74, 6) is 0.962. The van der Waals surface area contributed by atoms with Crippen molar-refractivity contribution in [2.45, 2.75) is 32.7 Å². The molecule has 0 aromatic carbocycles. The average molecular weight is 295 g/mol. The van der Waals surface area contributed by atoms with Gasteiger partial charge in [-0.05, 0) is 37.0 Å². The van der Waals surface area contributed by atoms with Crippen molar-refractivity contribution in [2.24, 2.45) is 0 Å². The molecule has 0 aliphatic heterocycles. The summed E-state index contributed by atoms with van der Waals surface area (Å²) in [6.07, 6.45) is 4.63. The van der Waals surface area contributed by atoms with Gasteiger partial charge in [0.15, 0.2) is 0 Å². The molecule has 0 radical (unpaired) electrons. The summed E-state index contributed by atoms with van der Waals surface area (Å²) < 4.78 is 0. The number of pyridine rings is 1. The molecule has 1 rings (SSSR count). The molecule has 6 heteroatoms. The maximum Gasteiger partial charge on any atom is 0.248 e. The number of aromatic nitrogens is 1. The summed E-state index contributed by atoms with van der Waals surface area (Å²) in [4.78, 5) is 27.8. The van der Waals surface area contributed by atoms with Crippen LogP contribution in [0.15, 0.2) is 18.3 Å². The lowest BCUT2D eigenvalue weighted by Crippen LogP contribution is -2.44. The number of aryl methyl sites for hydroxylation is 1. The molecule has 20 heavy (non-hydrogen) atoms. The number of anilines is 1. The van der Waals surface area contributed by atoms with Gasteiger partial charge >= 0.3 is 0 Å². The van der Waals surface area contributed by atoms with Crippen LogP contribution in [0.3, 0.4) is 0 Å². The quantitative estimate of drug-likeness (QED) is 0.807. The predicted octanol–water partition coefficient (Wildman–Crippen LogP) is 1.98. The molecule has 1 aromatic heterocycles. The predicted molar refractivity (Wildman–Crippen MR) is 82.8 cm³/mol. The van der Waals surface area contributed by atoms with Crippen molar-refractivity contribution in [3.05, 3.63) is 23.9 Å². The normalized spacial score (nSPS) is 11.8. The third-order valence-electron chi connectivity index (χ3n) is 2.75. The second-order valence-corrected chi connectivity index (χ2v) is 5.45. The van der Waals surface area contributed by atoms with Crippen LogP contribution in [0.2, 0.25) is 0 Å². The van der Waals surface area contributed by atoms with Crippen LogP contribution in [0.1, 0.15) is 25.3 Å². The zero-order valence-electron chi connectivity index (χ0n) is 12.1. The molecular weight excluding hydrogens is 274 g/mol. The van der Waals surface area contributed by atoms with Gasteiger partial charge in [0.05, 0.1) is 0 Å². The molecule has 0 bridgehead atoms. The van der Waals surface area contributed by atoms with E-state index in [1.54, 1.807) is 30.9 Å². The molecule has 1 atom stereocenters. The zero-order chi connectivity index (χ0) is 15.0. The third kappa shape index (κ3) is 5.61. The molecule has 5 nitrogen and oxygen atoms in total. The first-order valence-electron chi connectivity index (χ1n) is 6.58. The van der Waals surface area contributed by atoms with Gasteiger partial charge in [0.1, 0.15) is 11.9 Å².